The molecule has 2 aromatic rings. The molecular formula is C21H26N4O5S. The second kappa shape index (κ2) is 9.80. The molecule has 0 saturated heterocycles. The second-order valence-electron chi connectivity index (χ2n) is 6.70. The van der Waals surface area contributed by atoms with Gasteiger partial charge >= 0.3 is 11.9 Å². The number of esters is 1. The van der Waals surface area contributed by atoms with Crippen molar-refractivity contribution in [2.75, 3.05) is 20.8 Å². The molecule has 0 fully saturated rings. The van der Waals surface area contributed by atoms with Gasteiger partial charge in [0.1, 0.15) is 11.3 Å². The second-order valence-corrected chi connectivity index (χ2v) is 7.71. The van der Waals surface area contributed by atoms with Crippen molar-refractivity contribution in [3.8, 4) is 5.75 Å². The van der Waals surface area contributed by atoms with Crippen LogP contribution in [0.2, 0.25) is 0 Å². The summed E-state index contributed by atoms with van der Waals surface area (Å²) in [6.07, 6.45) is 4.05. The van der Waals surface area contributed by atoms with Crippen LogP contribution in [0, 0.1) is 0 Å². The largest absolute Gasteiger partial charge is 0.494 e. The molecule has 0 radical (unpaired) electrons. The molecule has 0 saturated carbocycles. The number of carbonyl (C=O) groups excluding carboxylic acids is 2. The van der Waals surface area contributed by atoms with Gasteiger partial charge in [0.05, 0.1) is 30.2 Å². The van der Waals surface area contributed by atoms with Gasteiger partial charge in [0.25, 0.3) is 0 Å². The highest BCUT2D eigenvalue weighted by atomic mass is 32.1. The summed E-state index contributed by atoms with van der Waals surface area (Å²) in [5.41, 5.74) is 7.37. The minimum atomic E-state index is -0.477. The first-order valence-electron chi connectivity index (χ1n) is 9.83. The van der Waals surface area contributed by atoms with Crippen LogP contribution >= 0.6 is 11.3 Å². The Balaban J connectivity index is 2.20. The zero-order chi connectivity index (χ0) is 22.5. The number of methoxy groups -OCH3 is 2. The molecule has 3 N–H and O–H groups in total. The zero-order valence-electron chi connectivity index (χ0n) is 17.9. The normalized spacial score (nSPS) is 16.7. The lowest BCUT2D eigenvalue weighted by Crippen LogP contribution is -2.19. The van der Waals surface area contributed by atoms with E-state index in [2.05, 4.69) is 10.3 Å². The summed E-state index contributed by atoms with van der Waals surface area (Å²) in [5.74, 6) is -0.248. The third-order valence-electron chi connectivity index (χ3n) is 4.66. The van der Waals surface area contributed by atoms with Gasteiger partial charge in [-0.15, -0.1) is 0 Å². The van der Waals surface area contributed by atoms with E-state index in [1.54, 1.807) is 12.1 Å². The number of nitrogens with two attached hydrogens (primary N) is 1. The summed E-state index contributed by atoms with van der Waals surface area (Å²) in [7, 11) is 2.84. The van der Waals surface area contributed by atoms with Crippen molar-refractivity contribution in [2.45, 2.75) is 33.0 Å². The quantitative estimate of drug-likeness (QED) is 0.494. The molecule has 1 unspecified atom stereocenters. The lowest BCUT2D eigenvalue weighted by molar-refractivity contribution is -0.118. The van der Waals surface area contributed by atoms with Crippen molar-refractivity contribution in [1.82, 2.24) is 9.88 Å². The maximum atomic E-state index is 12.9. The van der Waals surface area contributed by atoms with Gasteiger partial charge < -0.3 is 29.8 Å². The number of benzene rings is 1. The Morgan fingerprint density at radius 1 is 1.35 bits per heavy atom. The number of amides is 1. The highest BCUT2D eigenvalue weighted by molar-refractivity contribution is 7.16. The van der Waals surface area contributed by atoms with Crippen molar-refractivity contribution >= 4 is 33.4 Å². The predicted octanol–water partition coefficient (Wildman–Crippen LogP) is 2.03. The van der Waals surface area contributed by atoms with E-state index in [4.69, 9.17) is 19.9 Å². The van der Waals surface area contributed by atoms with Crippen LogP contribution < -0.4 is 20.6 Å². The lowest BCUT2D eigenvalue weighted by Gasteiger charge is -2.08. The first kappa shape index (κ1) is 22.6. The third-order valence-corrected chi connectivity index (χ3v) is 5.69. The Morgan fingerprint density at radius 3 is 2.77 bits per heavy atom. The Hall–Kier alpha value is -3.11. The fraction of sp³-hybridized carbons (Fsp3) is 0.381. The molecule has 2 heterocycles. The Labute approximate surface area is 183 Å². The van der Waals surface area contributed by atoms with Crippen LogP contribution in [0.3, 0.4) is 0 Å². The monoisotopic (exact) mass is 446 g/mol. The van der Waals surface area contributed by atoms with E-state index in [0.29, 0.717) is 35.6 Å². The first-order valence-corrected chi connectivity index (χ1v) is 10.6. The average Bonchev–Trinajstić information content (AvgIpc) is 3.32. The SMILES string of the molecule is CCC1=C(C(=O)N=c2sc3cc(C(=O)OC)cc(OC)c3n2C/C=C/CN)OC(C)N1. The summed E-state index contributed by atoms with van der Waals surface area (Å²) in [6, 6.07) is 3.31. The molecule has 0 spiro atoms. The number of ether oxygens (including phenoxy) is 3. The van der Waals surface area contributed by atoms with Gasteiger partial charge in [-0.1, -0.05) is 30.4 Å². The number of hydrogen-bond acceptors (Lipinski definition) is 8. The van der Waals surface area contributed by atoms with Gasteiger partial charge in [0.15, 0.2) is 11.0 Å². The molecule has 0 aliphatic carbocycles. The van der Waals surface area contributed by atoms with E-state index in [0.717, 1.165) is 15.9 Å². The highest BCUT2D eigenvalue weighted by Gasteiger charge is 2.26. The van der Waals surface area contributed by atoms with Crippen LogP contribution in [0.1, 0.15) is 30.6 Å². The minimum Gasteiger partial charge on any atom is -0.494 e. The molecule has 9 nitrogen and oxygen atoms in total. The van der Waals surface area contributed by atoms with Crippen LogP contribution in [-0.2, 0) is 20.8 Å². The number of rotatable bonds is 7. The molecule has 1 aliphatic rings. The number of hydrogen-bond donors (Lipinski definition) is 2. The number of nitrogens with one attached hydrogen (secondary N) is 1. The molecule has 3 rings (SSSR count). The van der Waals surface area contributed by atoms with Crippen LogP contribution in [0.15, 0.2) is 40.7 Å². The van der Waals surface area contributed by atoms with Gasteiger partial charge in [-0.25, -0.2) is 4.79 Å². The molecule has 1 aromatic carbocycles. The molecular weight excluding hydrogens is 420 g/mol. The number of allylic oxidation sites excluding steroid dienone is 2. The van der Waals surface area contributed by atoms with Crippen molar-refractivity contribution in [1.29, 1.82) is 0 Å². The molecule has 1 aromatic heterocycles. The number of carbonyl (C=O) groups is 2. The fourth-order valence-corrected chi connectivity index (χ4v) is 4.36. The van der Waals surface area contributed by atoms with E-state index in [-0.39, 0.29) is 12.0 Å². The molecule has 0 bridgehead atoms. The summed E-state index contributed by atoms with van der Waals surface area (Å²) < 4.78 is 18.6. The third kappa shape index (κ3) is 4.64. The number of aromatic nitrogens is 1. The Kier molecular flexibility index (Phi) is 7.13. The molecule has 1 atom stereocenters. The van der Waals surface area contributed by atoms with Gasteiger partial charge in [0.2, 0.25) is 5.76 Å². The van der Waals surface area contributed by atoms with Gasteiger partial charge in [0, 0.05) is 13.1 Å². The number of nitrogens with zero attached hydrogens (tertiary/aromatic N) is 2. The van der Waals surface area contributed by atoms with Crippen LogP contribution in [0.5, 0.6) is 5.75 Å². The standard InChI is InChI=1S/C21H26N4O5S/c1-5-14-18(30-12(2)23-14)19(26)24-21-25(9-7-6-8-22)17-15(28-3)10-13(20(27)29-4)11-16(17)31-21/h6-7,10-12,23H,5,8-9,22H2,1-4H3/b7-6+,24-21?. The topological polar surface area (TPSA) is 117 Å². The Morgan fingerprint density at radius 2 is 2.13 bits per heavy atom. The van der Waals surface area contributed by atoms with E-state index >= 15 is 0 Å². The summed E-state index contributed by atoms with van der Waals surface area (Å²) >= 11 is 1.27. The smallest absolute Gasteiger partial charge is 0.338 e. The predicted molar refractivity (Wildman–Crippen MR) is 117 cm³/mol. The van der Waals surface area contributed by atoms with Crippen LogP contribution in [0.25, 0.3) is 10.2 Å². The molecule has 1 amide bonds. The van der Waals surface area contributed by atoms with Crippen LogP contribution in [0.4, 0.5) is 0 Å². The summed E-state index contributed by atoms with van der Waals surface area (Å²) in [5, 5.41) is 3.12. The van der Waals surface area contributed by atoms with Crippen molar-refractivity contribution in [3.63, 3.8) is 0 Å². The molecule has 31 heavy (non-hydrogen) atoms. The summed E-state index contributed by atoms with van der Waals surface area (Å²) in [4.78, 5) is 29.8. The number of thiazole rings is 1. The van der Waals surface area contributed by atoms with E-state index in [1.807, 2.05) is 30.6 Å². The first-order chi connectivity index (χ1) is 14.9. The van der Waals surface area contributed by atoms with Crippen molar-refractivity contribution in [2.24, 2.45) is 10.7 Å². The van der Waals surface area contributed by atoms with Gasteiger partial charge in [-0.2, -0.15) is 4.99 Å². The van der Waals surface area contributed by atoms with E-state index in [1.165, 1.54) is 25.6 Å². The van der Waals surface area contributed by atoms with E-state index < -0.39 is 11.9 Å². The number of fused-ring (bicyclic) bond motifs is 1. The fourth-order valence-electron chi connectivity index (χ4n) is 3.26. The Bertz CT molecular complexity index is 1130. The molecule has 1 aliphatic heterocycles. The molecule has 166 valence electrons. The van der Waals surface area contributed by atoms with Gasteiger partial charge in [-0.05, 0) is 25.5 Å². The maximum Gasteiger partial charge on any atom is 0.338 e. The van der Waals surface area contributed by atoms with E-state index in [9.17, 15) is 9.59 Å². The maximum absolute atomic E-state index is 12.9. The zero-order valence-corrected chi connectivity index (χ0v) is 18.7. The molecule has 10 heteroatoms. The summed E-state index contributed by atoms with van der Waals surface area (Å²) in [6.45, 7) is 4.58. The van der Waals surface area contributed by atoms with Crippen molar-refractivity contribution < 1.29 is 23.8 Å². The highest BCUT2D eigenvalue weighted by Crippen LogP contribution is 2.30. The van der Waals surface area contributed by atoms with Crippen LogP contribution in [-0.4, -0.2) is 43.4 Å². The average molecular weight is 447 g/mol. The minimum absolute atomic E-state index is 0.221. The lowest BCUT2D eigenvalue weighted by atomic mass is 10.2. The van der Waals surface area contributed by atoms with Crippen molar-refractivity contribution in [3.05, 3.63) is 46.1 Å². The van der Waals surface area contributed by atoms with Gasteiger partial charge in [-0.3, -0.25) is 4.79 Å².